The number of carbonyl (C=O) groups is 2. The third kappa shape index (κ3) is 2.80. The molecule has 5 nitrogen and oxygen atoms in total. The van der Waals surface area contributed by atoms with Crippen molar-refractivity contribution in [2.45, 2.75) is 0 Å². The molecule has 1 aromatic heterocycles. The summed E-state index contributed by atoms with van der Waals surface area (Å²) in [5.41, 5.74) is -0.211. The van der Waals surface area contributed by atoms with Crippen molar-refractivity contribution in [2.75, 3.05) is 10.4 Å². The third-order valence-electron chi connectivity index (χ3n) is 1.93. The van der Waals surface area contributed by atoms with Crippen LogP contribution in [0.25, 0.3) is 0 Å². The lowest BCUT2D eigenvalue weighted by Gasteiger charge is -2.17. The molecule has 0 aromatic carbocycles. The molecule has 0 radical (unpaired) electrons. The number of carbonyl (C=O) groups excluding carboxylic acids is 1. The summed E-state index contributed by atoms with van der Waals surface area (Å²) in [6, 6.07) is 5.02. The number of nitrogens with one attached hydrogen (secondary N) is 1. The van der Waals surface area contributed by atoms with Gasteiger partial charge in [0.2, 0.25) is 0 Å². The third-order valence-corrected chi connectivity index (χ3v) is 4.51. The minimum Gasteiger partial charge on any atom is -0.477 e. The summed E-state index contributed by atoms with van der Waals surface area (Å²) in [4.78, 5) is 26.7. The number of amides is 1. The zero-order valence-corrected chi connectivity index (χ0v) is 10.2. The Morgan fingerprint density at radius 2 is 2.12 bits per heavy atom. The Kier molecular flexibility index (Phi) is 3.70. The molecule has 17 heavy (non-hydrogen) atoms. The van der Waals surface area contributed by atoms with Gasteiger partial charge in [-0.25, -0.2) is 9.78 Å². The van der Waals surface area contributed by atoms with E-state index in [1.165, 1.54) is 29.7 Å². The lowest BCUT2D eigenvalue weighted by atomic mass is 10.3. The second-order valence-corrected chi connectivity index (χ2v) is 5.64. The SMILES string of the molecule is O=C(O)C(C(=O)Nc1ccccn1)=C1SCS1. The number of hydrogen-bond donors (Lipinski definition) is 2. The Labute approximate surface area is 106 Å². The molecule has 2 N–H and O–H groups in total. The Morgan fingerprint density at radius 3 is 2.59 bits per heavy atom. The summed E-state index contributed by atoms with van der Waals surface area (Å²) < 4.78 is 0.547. The van der Waals surface area contributed by atoms with Crippen molar-refractivity contribution < 1.29 is 14.7 Å². The van der Waals surface area contributed by atoms with Crippen LogP contribution in [0.1, 0.15) is 0 Å². The van der Waals surface area contributed by atoms with Crippen molar-refractivity contribution >= 4 is 41.2 Å². The zero-order chi connectivity index (χ0) is 12.3. The van der Waals surface area contributed by atoms with Crippen LogP contribution >= 0.6 is 23.5 Å². The highest BCUT2D eigenvalue weighted by atomic mass is 32.3. The summed E-state index contributed by atoms with van der Waals surface area (Å²) in [5.74, 6) is -1.51. The van der Waals surface area contributed by atoms with Gasteiger partial charge in [0, 0.05) is 11.3 Å². The number of carboxylic acid groups (broad SMARTS) is 1. The highest BCUT2D eigenvalue weighted by molar-refractivity contribution is 8.37. The van der Waals surface area contributed by atoms with E-state index >= 15 is 0 Å². The lowest BCUT2D eigenvalue weighted by Crippen LogP contribution is -2.22. The Morgan fingerprint density at radius 1 is 1.35 bits per heavy atom. The van der Waals surface area contributed by atoms with Gasteiger partial charge in [0.25, 0.3) is 5.91 Å². The first kappa shape index (κ1) is 12.0. The number of hydrogen-bond acceptors (Lipinski definition) is 5. The minimum absolute atomic E-state index is 0.211. The van der Waals surface area contributed by atoms with Crippen LogP contribution in [-0.2, 0) is 9.59 Å². The molecular weight excluding hydrogens is 260 g/mol. The largest absolute Gasteiger partial charge is 0.477 e. The second-order valence-electron chi connectivity index (χ2n) is 3.04. The van der Waals surface area contributed by atoms with E-state index in [2.05, 4.69) is 10.3 Å². The molecule has 0 aliphatic carbocycles. The Hall–Kier alpha value is -1.47. The minimum atomic E-state index is -1.21. The molecule has 0 atom stereocenters. The van der Waals surface area contributed by atoms with Gasteiger partial charge in [0.05, 0.1) is 4.24 Å². The number of aromatic nitrogens is 1. The fraction of sp³-hybridized carbons (Fsp3) is 0.100. The van der Waals surface area contributed by atoms with Crippen LogP contribution in [0.3, 0.4) is 0 Å². The summed E-state index contributed by atoms with van der Waals surface area (Å²) in [7, 11) is 0. The molecule has 2 heterocycles. The van der Waals surface area contributed by atoms with Crippen molar-refractivity contribution in [3.05, 3.63) is 34.2 Å². The first-order valence-electron chi connectivity index (χ1n) is 4.64. The van der Waals surface area contributed by atoms with Crippen molar-refractivity contribution in [2.24, 2.45) is 0 Å². The van der Waals surface area contributed by atoms with E-state index in [0.29, 0.717) is 10.1 Å². The van der Waals surface area contributed by atoms with Gasteiger partial charge in [0.1, 0.15) is 11.4 Å². The molecule has 1 fully saturated rings. The van der Waals surface area contributed by atoms with Crippen molar-refractivity contribution in [3.8, 4) is 0 Å². The van der Waals surface area contributed by atoms with Gasteiger partial charge >= 0.3 is 5.97 Å². The second kappa shape index (κ2) is 5.24. The smallest absolute Gasteiger partial charge is 0.343 e. The van der Waals surface area contributed by atoms with Crippen LogP contribution in [0, 0.1) is 0 Å². The molecule has 1 amide bonds. The van der Waals surface area contributed by atoms with Gasteiger partial charge < -0.3 is 10.4 Å². The normalized spacial score (nSPS) is 13.8. The predicted octanol–water partition coefficient (Wildman–Crippen LogP) is 1.75. The number of nitrogens with zero attached hydrogens (tertiary/aromatic N) is 1. The number of pyridine rings is 1. The van der Waals surface area contributed by atoms with Gasteiger partial charge in [-0.2, -0.15) is 0 Å². The maximum atomic E-state index is 11.8. The Bertz CT molecular complexity index is 482. The summed E-state index contributed by atoms with van der Waals surface area (Å²) in [6.45, 7) is 0. The van der Waals surface area contributed by atoms with E-state index in [1.807, 2.05) is 0 Å². The van der Waals surface area contributed by atoms with Crippen LogP contribution < -0.4 is 5.32 Å². The van der Waals surface area contributed by atoms with Crippen LogP contribution in [0.15, 0.2) is 34.2 Å². The number of carboxylic acids is 1. The van der Waals surface area contributed by atoms with Crippen LogP contribution in [-0.4, -0.2) is 27.1 Å². The summed E-state index contributed by atoms with van der Waals surface area (Å²) in [5, 5.41) is 12.2. The highest BCUT2D eigenvalue weighted by Crippen LogP contribution is 2.45. The van der Waals surface area contributed by atoms with E-state index in [9.17, 15) is 9.59 Å². The number of rotatable bonds is 3. The molecule has 7 heteroatoms. The number of aliphatic carboxylic acids is 1. The number of anilines is 1. The maximum Gasteiger partial charge on any atom is 0.343 e. The molecule has 0 bridgehead atoms. The van der Waals surface area contributed by atoms with E-state index in [4.69, 9.17) is 5.11 Å². The van der Waals surface area contributed by atoms with Crippen molar-refractivity contribution in [1.82, 2.24) is 4.98 Å². The first-order chi connectivity index (χ1) is 8.18. The quantitative estimate of drug-likeness (QED) is 0.494. The van der Waals surface area contributed by atoms with Gasteiger partial charge in [-0.1, -0.05) is 6.07 Å². The topological polar surface area (TPSA) is 79.3 Å². The average Bonchev–Trinajstić information content (AvgIpc) is 2.23. The highest BCUT2D eigenvalue weighted by Gasteiger charge is 2.27. The average molecular weight is 268 g/mol. The summed E-state index contributed by atoms with van der Waals surface area (Å²) >= 11 is 2.72. The molecular formula is C10H8N2O3S2. The van der Waals surface area contributed by atoms with Gasteiger partial charge in [-0.05, 0) is 12.1 Å². The molecule has 1 aliphatic rings. The van der Waals surface area contributed by atoms with Crippen LogP contribution in [0.5, 0.6) is 0 Å². The van der Waals surface area contributed by atoms with E-state index in [1.54, 1.807) is 18.2 Å². The van der Waals surface area contributed by atoms with E-state index in [0.717, 1.165) is 5.08 Å². The van der Waals surface area contributed by atoms with Crippen LogP contribution in [0.4, 0.5) is 5.82 Å². The van der Waals surface area contributed by atoms with Crippen molar-refractivity contribution in [3.63, 3.8) is 0 Å². The van der Waals surface area contributed by atoms with Crippen molar-refractivity contribution in [1.29, 1.82) is 0 Å². The molecule has 88 valence electrons. The fourth-order valence-electron chi connectivity index (χ4n) is 1.15. The summed E-state index contributed by atoms with van der Waals surface area (Å²) in [6.07, 6.45) is 1.52. The standard InChI is InChI=1S/C10H8N2O3S2/c13-8(12-6-3-1-2-4-11-6)7(9(14)15)10-16-5-17-10/h1-4H,5H2,(H,14,15)(H,11,12,13). The van der Waals surface area contributed by atoms with E-state index in [-0.39, 0.29) is 5.57 Å². The molecule has 1 aliphatic heterocycles. The molecule has 0 saturated carbocycles. The lowest BCUT2D eigenvalue weighted by molar-refractivity contribution is -0.134. The van der Waals surface area contributed by atoms with Gasteiger partial charge in [-0.3, -0.25) is 4.79 Å². The first-order valence-corrected chi connectivity index (χ1v) is 6.61. The molecule has 0 spiro atoms. The molecule has 1 aromatic rings. The van der Waals surface area contributed by atoms with Gasteiger partial charge in [0.15, 0.2) is 0 Å². The van der Waals surface area contributed by atoms with Crippen LogP contribution in [0.2, 0.25) is 0 Å². The Balaban J connectivity index is 2.16. The zero-order valence-electron chi connectivity index (χ0n) is 8.54. The number of thioether (sulfide) groups is 2. The molecule has 2 rings (SSSR count). The molecule has 1 saturated heterocycles. The predicted molar refractivity (Wildman–Crippen MR) is 67.6 cm³/mol. The molecule has 0 unspecified atom stereocenters. The van der Waals surface area contributed by atoms with Gasteiger partial charge in [-0.15, -0.1) is 23.5 Å². The monoisotopic (exact) mass is 268 g/mol. The fourth-order valence-corrected chi connectivity index (χ4v) is 2.75. The maximum absolute atomic E-state index is 11.8. The van der Waals surface area contributed by atoms with E-state index < -0.39 is 11.9 Å².